The number of nitrogens with one attached hydrogen (secondary N) is 1. The van der Waals surface area contributed by atoms with Crippen LogP contribution in [0.4, 0.5) is 5.69 Å². The van der Waals surface area contributed by atoms with Crippen molar-refractivity contribution in [2.45, 2.75) is 45.2 Å². The molecular formula is C21H27ClN2O3S. The SMILES string of the molecule is CC[C@@H](C(=O)N[C@@H](C)CCc1ccccc1)N(c1ccc(Cl)cc1)S(C)(=O)=O. The highest BCUT2D eigenvalue weighted by molar-refractivity contribution is 7.92. The van der Waals surface area contributed by atoms with Gasteiger partial charge in [0.25, 0.3) is 0 Å². The van der Waals surface area contributed by atoms with E-state index in [4.69, 9.17) is 11.6 Å². The number of benzene rings is 2. The Kier molecular flexibility index (Phi) is 7.89. The lowest BCUT2D eigenvalue weighted by Crippen LogP contribution is -2.51. The predicted molar refractivity (Wildman–Crippen MR) is 115 cm³/mol. The van der Waals surface area contributed by atoms with Crippen LogP contribution in [0.1, 0.15) is 32.3 Å². The molecule has 0 unspecified atom stereocenters. The van der Waals surface area contributed by atoms with Gasteiger partial charge in [-0.3, -0.25) is 9.10 Å². The Morgan fingerprint density at radius 1 is 1.11 bits per heavy atom. The molecule has 152 valence electrons. The summed E-state index contributed by atoms with van der Waals surface area (Å²) in [5, 5.41) is 3.47. The first kappa shape index (κ1) is 22.2. The summed E-state index contributed by atoms with van der Waals surface area (Å²) in [4.78, 5) is 12.9. The zero-order chi connectivity index (χ0) is 20.7. The van der Waals surface area contributed by atoms with Crippen LogP contribution in [0.5, 0.6) is 0 Å². The van der Waals surface area contributed by atoms with Gasteiger partial charge in [0.2, 0.25) is 15.9 Å². The molecular weight excluding hydrogens is 396 g/mol. The average Bonchev–Trinajstić information content (AvgIpc) is 2.65. The van der Waals surface area contributed by atoms with Crippen molar-refractivity contribution >= 4 is 33.2 Å². The van der Waals surface area contributed by atoms with Crippen LogP contribution in [0.15, 0.2) is 54.6 Å². The van der Waals surface area contributed by atoms with Crippen molar-refractivity contribution in [2.75, 3.05) is 10.6 Å². The van der Waals surface area contributed by atoms with E-state index >= 15 is 0 Å². The first-order chi connectivity index (χ1) is 13.2. The second-order valence-electron chi connectivity index (χ2n) is 6.89. The van der Waals surface area contributed by atoms with Gasteiger partial charge in [-0.25, -0.2) is 8.42 Å². The highest BCUT2D eigenvalue weighted by Gasteiger charge is 2.31. The second kappa shape index (κ2) is 9.94. The Bertz CT molecular complexity index is 870. The van der Waals surface area contributed by atoms with Crippen LogP contribution < -0.4 is 9.62 Å². The van der Waals surface area contributed by atoms with Gasteiger partial charge in [0.05, 0.1) is 11.9 Å². The smallest absolute Gasteiger partial charge is 0.244 e. The molecule has 0 aromatic heterocycles. The van der Waals surface area contributed by atoms with E-state index in [1.807, 2.05) is 25.1 Å². The molecule has 0 aliphatic carbocycles. The molecule has 28 heavy (non-hydrogen) atoms. The van der Waals surface area contributed by atoms with Gasteiger partial charge in [-0.05, 0) is 56.0 Å². The van der Waals surface area contributed by atoms with Crippen molar-refractivity contribution in [3.63, 3.8) is 0 Å². The van der Waals surface area contributed by atoms with Crippen LogP contribution in [0.3, 0.4) is 0 Å². The van der Waals surface area contributed by atoms with Crippen molar-refractivity contribution in [1.82, 2.24) is 5.32 Å². The quantitative estimate of drug-likeness (QED) is 0.663. The molecule has 1 N–H and O–H groups in total. The molecule has 0 saturated heterocycles. The number of sulfonamides is 1. The summed E-state index contributed by atoms with van der Waals surface area (Å²) >= 11 is 5.91. The number of halogens is 1. The number of anilines is 1. The van der Waals surface area contributed by atoms with E-state index < -0.39 is 16.1 Å². The van der Waals surface area contributed by atoms with Crippen molar-refractivity contribution in [1.29, 1.82) is 0 Å². The summed E-state index contributed by atoms with van der Waals surface area (Å²) in [5.74, 6) is -0.302. The molecule has 2 atom stereocenters. The van der Waals surface area contributed by atoms with Crippen molar-refractivity contribution in [3.8, 4) is 0 Å². The third-order valence-electron chi connectivity index (χ3n) is 4.51. The zero-order valence-electron chi connectivity index (χ0n) is 16.4. The molecule has 0 aliphatic rings. The molecule has 1 amide bonds. The van der Waals surface area contributed by atoms with E-state index in [1.54, 1.807) is 31.2 Å². The molecule has 0 fully saturated rings. The van der Waals surface area contributed by atoms with Gasteiger partial charge in [-0.15, -0.1) is 0 Å². The number of amides is 1. The molecule has 0 heterocycles. The monoisotopic (exact) mass is 422 g/mol. The standard InChI is InChI=1S/C21H27ClN2O3S/c1-4-20(24(28(3,26)27)19-14-12-18(22)13-15-19)21(25)23-16(2)10-11-17-8-6-5-7-9-17/h5-9,12-16,20H,4,10-11H2,1-3H3,(H,23,25)/t16-,20-/m0/s1. The van der Waals surface area contributed by atoms with Gasteiger partial charge in [-0.1, -0.05) is 48.9 Å². The van der Waals surface area contributed by atoms with Crippen LogP contribution in [0.2, 0.25) is 5.02 Å². The fourth-order valence-corrected chi connectivity index (χ4v) is 4.43. The van der Waals surface area contributed by atoms with Crippen LogP contribution in [-0.2, 0) is 21.2 Å². The molecule has 0 bridgehead atoms. The fraction of sp³-hybridized carbons (Fsp3) is 0.381. The normalized spacial score (nSPS) is 13.6. The number of hydrogen-bond acceptors (Lipinski definition) is 3. The summed E-state index contributed by atoms with van der Waals surface area (Å²) in [5.41, 5.74) is 1.63. The Morgan fingerprint density at radius 3 is 2.25 bits per heavy atom. The maximum absolute atomic E-state index is 12.9. The highest BCUT2D eigenvalue weighted by atomic mass is 35.5. The fourth-order valence-electron chi connectivity index (χ4n) is 3.09. The topological polar surface area (TPSA) is 66.5 Å². The minimum Gasteiger partial charge on any atom is -0.352 e. The van der Waals surface area contributed by atoms with Gasteiger partial charge in [0, 0.05) is 11.1 Å². The van der Waals surface area contributed by atoms with Crippen LogP contribution in [0.25, 0.3) is 0 Å². The number of carbonyl (C=O) groups is 1. The van der Waals surface area contributed by atoms with E-state index in [0.717, 1.165) is 19.1 Å². The molecule has 7 heteroatoms. The maximum atomic E-state index is 12.9. The van der Waals surface area contributed by atoms with Gasteiger partial charge >= 0.3 is 0 Å². The summed E-state index contributed by atoms with van der Waals surface area (Å²) in [7, 11) is -3.65. The third kappa shape index (κ3) is 6.24. The van der Waals surface area contributed by atoms with E-state index in [1.165, 1.54) is 9.87 Å². The third-order valence-corrected chi connectivity index (χ3v) is 5.94. The van der Waals surface area contributed by atoms with E-state index in [0.29, 0.717) is 17.1 Å². The van der Waals surface area contributed by atoms with E-state index in [2.05, 4.69) is 17.4 Å². The van der Waals surface area contributed by atoms with Crippen molar-refractivity contribution < 1.29 is 13.2 Å². The minimum absolute atomic E-state index is 0.0756. The van der Waals surface area contributed by atoms with Gasteiger partial charge in [0.15, 0.2) is 0 Å². The lowest BCUT2D eigenvalue weighted by atomic mass is 10.1. The zero-order valence-corrected chi connectivity index (χ0v) is 18.0. The molecule has 0 saturated carbocycles. The molecule has 5 nitrogen and oxygen atoms in total. The second-order valence-corrected chi connectivity index (χ2v) is 9.19. The van der Waals surface area contributed by atoms with Crippen molar-refractivity contribution in [2.24, 2.45) is 0 Å². The first-order valence-electron chi connectivity index (χ1n) is 9.31. The summed E-state index contributed by atoms with van der Waals surface area (Å²) < 4.78 is 26.0. The minimum atomic E-state index is -3.65. The molecule has 0 aliphatic heterocycles. The van der Waals surface area contributed by atoms with Gasteiger partial charge in [0.1, 0.15) is 6.04 Å². The molecule has 0 spiro atoms. The van der Waals surface area contributed by atoms with E-state index in [-0.39, 0.29) is 11.9 Å². The number of nitrogens with zero attached hydrogens (tertiary/aromatic N) is 1. The lowest BCUT2D eigenvalue weighted by Gasteiger charge is -2.31. The van der Waals surface area contributed by atoms with Crippen LogP contribution >= 0.6 is 11.6 Å². The molecule has 2 rings (SSSR count). The van der Waals surface area contributed by atoms with Crippen molar-refractivity contribution in [3.05, 3.63) is 65.2 Å². The van der Waals surface area contributed by atoms with Gasteiger partial charge < -0.3 is 5.32 Å². The van der Waals surface area contributed by atoms with Crippen LogP contribution in [0, 0.1) is 0 Å². The van der Waals surface area contributed by atoms with Gasteiger partial charge in [-0.2, -0.15) is 0 Å². The maximum Gasteiger partial charge on any atom is 0.244 e. The average molecular weight is 423 g/mol. The number of carbonyl (C=O) groups excluding carboxylic acids is 1. The Hall–Kier alpha value is -2.05. The summed E-state index contributed by atoms with van der Waals surface area (Å²) in [6.45, 7) is 3.73. The number of hydrogen-bond donors (Lipinski definition) is 1. The summed E-state index contributed by atoms with van der Waals surface area (Å²) in [6.07, 6.45) is 3.07. The predicted octanol–water partition coefficient (Wildman–Crippen LogP) is 4.02. The molecule has 2 aromatic carbocycles. The van der Waals surface area contributed by atoms with Crippen LogP contribution in [-0.4, -0.2) is 32.7 Å². The molecule has 2 aromatic rings. The lowest BCUT2D eigenvalue weighted by molar-refractivity contribution is -0.122. The number of aryl methyl sites for hydroxylation is 1. The Morgan fingerprint density at radius 2 is 1.71 bits per heavy atom. The first-order valence-corrected chi connectivity index (χ1v) is 11.5. The Labute approximate surface area is 172 Å². The Balaban J connectivity index is 2.11. The summed E-state index contributed by atoms with van der Waals surface area (Å²) in [6, 6.07) is 15.6. The molecule has 0 radical (unpaired) electrons. The highest BCUT2D eigenvalue weighted by Crippen LogP contribution is 2.24. The van der Waals surface area contributed by atoms with E-state index in [9.17, 15) is 13.2 Å². The number of rotatable bonds is 9. The largest absolute Gasteiger partial charge is 0.352 e.